The van der Waals surface area contributed by atoms with Crippen molar-refractivity contribution in [2.24, 2.45) is 5.41 Å². The minimum atomic E-state index is 0.255. The lowest BCUT2D eigenvalue weighted by Gasteiger charge is -2.28. The second kappa shape index (κ2) is 4.71. The van der Waals surface area contributed by atoms with Gasteiger partial charge in [-0.15, -0.1) is 11.6 Å². The summed E-state index contributed by atoms with van der Waals surface area (Å²) in [5, 5.41) is 0. The van der Waals surface area contributed by atoms with Crippen molar-refractivity contribution >= 4 is 11.6 Å². The lowest BCUT2D eigenvalue weighted by molar-refractivity contribution is 0.301. The fourth-order valence-corrected chi connectivity index (χ4v) is 2.03. The van der Waals surface area contributed by atoms with Crippen LogP contribution in [0.15, 0.2) is 23.0 Å². The molecule has 1 nitrogen and oxygen atoms in total. The van der Waals surface area contributed by atoms with Crippen LogP contribution in [0.1, 0.15) is 32.3 Å². The van der Waals surface area contributed by atoms with Gasteiger partial charge in [0.05, 0.1) is 12.5 Å². The molecule has 0 spiro atoms. The van der Waals surface area contributed by atoms with Gasteiger partial charge in [-0.3, -0.25) is 0 Å². The van der Waals surface area contributed by atoms with Gasteiger partial charge in [0, 0.05) is 5.88 Å². The van der Waals surface area contributed by atoms with Crippen LogP contribution in [0, 0.1) is 5.41 Å². The molecule has 1 rings (SSSR count). The predicted octanol–water partition coefficient (Wildman–Crippen LogP) is 3.87. The van der Waals surface area contributed by atoms with Gasteiger partial charge in [0.2, 0.25) is 0 Å². The number of hydrogen-bond acceptors (Lipinski definition) is 1. The summed E-state index contributed by atoms with van der Waals surface area (Å²) < 4.78 is 5.05. The summed E-state index contributed by atoms with van der Waals surface area (Å²) >= 11 is 6.01. The molecule has 1 heterocycles. The first kappa shape index (κ1) is 10.6. The topological polar surface area (TPSA) is 13.1 Å². The number of halogens is 1. The van der Waals surface area contributed by atoms with Crippen LogP contribution in [0.4, 0.5) is 0 Å². The first-order chi connectivity index (χ1) is 6.26. The number of alkyl halides is 1. The van der Waals surface area contributed by atoms with Crippen molar-refractivity contribution in [2.45, 2.75) is 33.1 Å². The molecule has 0 fully saturated rings. The Morgan fingerprint density at radius 2 is 2.08 bits per heavy atom. The van der Waals surface area contributed by atoms with Crippen molar-refractivity contribution in [3.05, 3.63) is 24.2 Å². The van der Waals surface area contributed by atoms with Crippen LogP contribution < -0.4 is 0 Å². The van der Waals surface area contributed by atoms with Crippen molar-refractivity contribution in [3.8, 4) is 0 Å². The summed E-state index contributed by atoms with van der Waals surface area (Å²) in [6.45, 7) is 4.40. The molecule has 1 aromatic rings. The number of rotatable bonds is 5. The van der Waals surface area contributed by atoms with Crippen molar-refractivity contribution in [3.63, 3.8) is 0 Å². The molecular weight excluding hydrogens is 184 g/mol. The van der Waals surface area contributed by atoms with Gasteiger partial charge in [0.25, 0.3) is 0 Å². The Labute approximate surface area is 85.1 Å². The quantitative estimate of drug-likeness (QED) is 0.658. The Bertz CT molecular complexity index is 216. The summed E-state index contributed by atoms with van der Waals surface area (Å²) in [6, 6.07) is 2.02. The zero-order valence-electron chi connectivity index (χ0n) is 8.35. The lowest BCUT2D eigenvalue weighted by Crippen LogP contribution is -2.23. The average Bonchev–Trinajstić information content (AvgIpc) is 2.67. The Morgan fingerprint density at radius 1 is 1.38 bits per heavy atom. The first-order valence-corrected chi connectivity index (χ1v) is 5.37. The van der Waals surface area contributed by atoms with E-state index in [1.54, 1.807) is 6.26 Å². The van der Waals surface area contributed by atoms with Gasteiger partial charge in [0.15, 0.2) is 0 Å². The predicted molar refractivity (Wildman–Crippen MR) is 56.1 cm³/mol. The Balaban J connectivity index is 2.67. The third-order valence-electron chi connectivity index (χ3n) is 2.94. The van der Waals surface area contributed by atoms with Gasteiger partial charge in [0.1, 0.15) is 0 Å². The number of hydrogen-bond donors (Lipinski definition) is 0. The van der Waals surface area contributed by atoms with Gasteiger partial charge in [-0.1, -0.05) is 13.8 Å². The van der Waals surface area contributed by atoms with Crippen LogP contribution >= 0.6 is 11.6 Å². The van der Waals surface area contributed by atoms with Crippen LogP contribution in [0.25, 0.3) is 0 Å². The Kier molecular flexibility index (Phi) is 3.86. The highest BCUT2D eigenvalue weighted by atomic mass is 35.5. The summed E-state index contributed by atoms with van der Waals surface area (Å²) in [4.78, 5) is 0. The summed E-state index contributed by atoms with van der Waals surface area (Å²) in [7, 11) is 0. The summed E-state index contributed by atoms with van der Waals surface area (Å²) in [5.74, 6) is 0.727. The molecule has 0 saturated heterocycles. The third-order valence-corrected chi connectivity index (χ3v) is 3.51. The minimum absolute atomic E-state index is 0.255. The van der Waals surface area contributed by atoms with Gasteiger partial charge in [-0.25, -0.2) is 0 Å². The zero-order chi connectivity index (χ0) is 9.73. The fraction of sp³-hybridized carbons (Fsp3) is 0.636. The first-order valence-electron chi connectivity index (χ1n) is 4.83. The zero-order valence-corrected chi connectivity index (χ0v) is 9.10. The molecule has 0 aliphatic carbocycles. The lowest BCUT2D eigenvalue weighted by atomic mass is 9.79. The highest BCUT2D eigenvalue weighted by Gasteiger charge is 2.25. The third kappa shape index (κ3) is 2.50. The molecule has 0 aliphatic heterocycles. The molecule has 0 aliphatic rings. The molecule has 0 radical (unpaired) electrons. The smallest absolute Gasteiger partial charge is 0.0934 e. The number of furan rings is 1. The molecule has 1 aromatic heterocycles. The van der Waals surface area contributed by atoms with Crippen LogP contribution in [-0.2, 0) is 6.42 Å². The van der Waals surface area contributed by atoms with E-state index in [9.17, 15) is 0 Å². The van der Waals surface area contributed by atoms with E-state index >= 15 is 0 Å². The molecule has 0 unspecified atom stereocenters. The van der Waals surface area contributed by atoms with E-state index in [0.717, 1.165) is 25.1 Å². The van der Waals surface area contributed by atoms with E-state index in [2.05, 4.69) is 13.8 Å². The van der Waals surface area contributed by atoms with Gasteiger partial charge < -0.3 is 4.42 Å². The van der Waals surface area contributed by atoms with E-state index < -0.39 is 0 Å². The molecule has 0 amide bonds. The highest BCUT2D eigenvalue weighted by molar-refractivity contribution is 6.18. The van der Waals surface area contributed by atoms with E-state index in [-0.39, 0.29) is 5.41 Å². The molecule has 0 saturated carbocycles. The van der Waals surface area contributed by atoms with Gasteiger partial charge >= 0.3 is 0 Å². The molecule has 0 atom stereocenters. The SMILES string of the molecule is CCC(CC)(CCl)Cc1ccoc1. The Morgan fingerprint density at radius 3 is 2.46 bits per heavy atom. The van der Waals surface area contributed by atoms with Gasteiger partial charge in [-0.05, 0) is 36.3 Å². The molecule has 0 aromatic carbocycles. The maximum absolute atomic E-state index is 6.01. The summed E-state index contributed by atoms with van der Waals surface area (Å²) in [6.07, 6.45) is 6.81. The van der Waals surface area contributed by atoms with E-state index in [1.165, 1.54) is 5.56 Å². The molecule has 2 heteroatoms. The van der Waals surface area contributed by atoms with Crippen molar-refractivity contribution in [1.82, 2.24) is 0 Å². The van der Waals surface area contributed by atoms with Crippen molar-refractivity contribution in [1.29, 1.82) is 0 Å². The Hall–Kier alpha value is -0.430. The van der Waals surface area contributed by atoms with Crippen LogP contribution in [0.3, 0.4) is 0 Å². The van der Waals surface area contributed by atoms with E-state index in [0.29, 0.717) is 0 Å². The van der Waals surface area contributed by atoms with Gasteiger partial charge in [-0.2, -0.15) is 0 Å². The normalized spacial score (nSPS) is 11.9. The maximum Gasteiger partial charge on any atom is 0.0934 e. The van der Waals surface area contributed by atoms with Crippen molar-refractivity contribution < 1.29 is 4.42 Å². The van der Waals surface area contributed by atoms with Crippen LogP contribution in [-0.4, -0.2) is 5.88 Å². The molecule has 13 heavy (non-hydrogen) atoms. The van der Waals surface area contributed by atoms with E-state index in [1.807, 2.05) is 12.3 Å². The largest absolute Gasteiger partial charge is 0.472 e. The molecule has 0 bridgehead atoms. The standard InChI is InChI=1S/C11H17ClO/c1-3-11(4-2,9-12)7-10-5-6-13-8-10/h5-6,8H,3-4,7,9H2,1-2H3. The van der Waals surface area contributed by atoms with Crippen LogP contribution in [0.2, 0.25) is 0 Å². The molecule has 74 valence electrons. The second-order valence-electron chi connectivity index (χ2n) is 3.65. The highest BCUT2D eigenvalue weighted by Crippen LogP contribution is 2.32. The monoisotopic (exact) mass is 200 g/mol. The maximum atomic E-state index is 6.01. The van der Waals surface area contributed by atoms with Crippen LogP contribution in [0.5, 0.6) is 0 Å². The average molecular weight is 201 g/mol. The minimum Gasteiger partial charge on any atom is -0.472 e. The molecular formula is C11H17ClO. The summed E-state index contributed by atoms with van der Waals surface area (Å²) in [5.41, 5.74) is 1.51. The van der Waals surface area contributed by atoms with Crippen molar-refractivity contribution in [2.75, 3.05) is 5.88 Å². The van der Waals surface area contributed by atoms with E-state index in [4.69, 9.17) is 16.0 Å². The second-order valence-corrected chi connectivity index (χ2v) is 3.92. The molecule has 0 N–H and O–H groups in total. The fourth-order valence-electron chi connectivity index (χ4n) is 1.56.